The van der Waals surface area contributed by atoms with Crippen molar-refractivity contribution in [1.29, 1.82) is 0 Å². The summed E-state index contributed by atoms with van der Waals surface area (Å²) in [7, 11) is 0. The predicted molar refractivity (Wildman–Crippen MR) is 53.6 cm³/mol. The van der Waals surface area contributed by atoms with Gasteiger partial charge in [-0.05, 0) is 18.1 Å². The van der Waals surface area contributed by atoms with Crippen molar-refractivity contribution in [3.05, 3.63) is 23.5 Å². The van der Waals surface area contributed by atoms with Gasteiger partial charge in [-0.2, -0.15) is 0 Å². The van der Waals surface area contributed by atoms with Crippen molar-refractivity contribution in [1.82, 2.24) is 4.98 Å². The summed E-state index contributed by atoms with van der Waals surface area (Å²) >= 11 is 0. The van der Waals surface area contributed by atoms with Crippen molar-refractivity contribution in [2.45, 2.75) is 46.0 Å². The molecule has 1 aromatic rings. The van der Waals surface area contributed by atoms with E-state index < -0.39 is 0 Å². The third-order valence-corrected chi connectivity index (χ3v) is 2.14. The molecule has 0 atom stereocenters. The monoisotopic (exact) mass is 165 g/mol. The van der Waals surface area contributed by atoms with E-state index in [1.807, 2.05) is 0 Å². The maximum Gasteiger partial charge on any atom is 0.0203 e. The lowest BCUT2D eigenvalue weighted by atomic mass is 9.93. The van der Waals surface area contributed by atoms with Gasteiger partial charge in [0.15, 0.2) is 0 Å². The molecule has 0 amide bonds. The Bertz CT molecular complexity index is 250. The lowest BCUT2D eigenvalue weighted by Gasteiger charge is -2.16. The number of hydrogen-bond acceptors (Lipinski definition) is 0. The molecule has 0 aliphatic heterocycles. The summed E-state index contributed by atoms with van der Waals surface area (Å²) in [6, 6.07) is 4.38. The van der Waals surface area contributed by atoms with Crippen LogP contribution >= 0.6 is 0 Å². The molecule has 0 fully saturated rings. The zero-order valence-corrected chi connectivity index (χ0v) is 8.73. The molecular weight excluding hydrogens is 146 g/mol. The Labute approximate surface area is 75.2 Å². The molecule has 1 N–H and O–H groups in total. The van der Waals surface area contributed by atoms with Crippen LogP contribution in [0, 0.1) is 0 Å². The number of aromatic nitrogens is 1. The summed E-state index contributed by atoms with van der Waals surface area (Å²) in [5.41, 5.74) is 2.90. The molecule has 0 aromatic carbocycles. The van der Waals surface area contributed by atoms with Gasteiger partial charge in [-0.25, -0.2) is 0 Å². The van der Waals surface area contributed by atoms with Crippen molar-refractivity contribution in [2.75, 3.05) is 0 Å². The first-order chi connectivity index (χ1) is 5.41. The van der Waals surface area contributed by atoms with Gasteiger partial charge >= 0.3 is 0 Å². The molecule has 68 valence electrons. The molecule has 1 nitrogen and oxygen atoms in total. The molecule has 0 saturated carbocycles. The number of H-pyrrole nitrogens is 1. The maximum absolute atomic E-state index is 3.45. The Balaban J connectivity index is 2.92. The first-order valence-electron chi connectivity index (χ1n) is 4.60. The van der Waals surface area contributed by atoms with Crippen molar-refractivity contribution in [3.63, 3.8) is 0 Å². The Morgan fingerprint density at radius 1 is 1.17 bits per heavy atom. The number of aromatic amines is 1. The summed E-state index contributed by atoms with van der Waals surface area (Å²) in [6.07, 6.45) is 0. The van der Waals surface area contributed by atoms with Crippen LogP contribution in [0.25, 0.3) is 0 Å². The summed E-state index contributed by atoms with van der Waals surface area (Å²) < 4.78 is 0. The Morgan fingerprint density at radius 3 is 2.00 bits per heavy atom. The van der Waals surface area contributed by atoms with Gasteiger partial charge in [-0.15, -0.1) is 0 Å². The van der Waals surface area contributed by atoms with E-state index >= 15 is 0 Å². The second kappa shape index (κ2) is 2.96. The molecule has 0 saturated heterocycles. The van der Waals surface area contributed by atoms with E-state index in [1.165, 1.54) is 11.4 Å². The van der Waals surface area contributed by atoms with Gasteiger partial charge < -0.3 is 4.98 Å². The highest BCUT2D eigenvalue weighted by atomic mass is 14.7. The highest BCUT2D eigenvalue weighted by molar-refractivity contribution is 5.21. The predicted octanol–water partition coefficient (Wildman–Crippen LogP) is 3.44. The molecular formula is C11H19N. The highest BCUT2D eigenvalue weighted by Crippen LogP contribution is 2.23. The minimum absolute atomic E-state index is 0.243. The lowest BCUT2D eigenvalue weighted by molar-refractivity contribution is 0.569. The zero-order chi connectivity index (χ0) is 9.35. The summed E-state index contributed by atoms with van der Waals surface area (Å²) in [4.78, 5) is 3.45. The van der Waals surface area contributed by atoms with Gasteiger partial charge in [0, 0.05) is 16.8 Å². The van der Waals surface area contributed by atoms with Crippen LogP contribution in [0.3, 0.4) is 0 Å². The molecule has 0 spiro atoms. The van der Waals surface area contributed by atoms with Crippen LogP contribution in [-0.4, -0.2) is 4.98 Å². The normalized spacial score (nSPS) is 12.5. The summed E-state index contributed by atoms with van der Waals surface area (Å²) in [5.74, 6) is 0.598. The fourth-order valence-corrected chi connectivity index (χ4v) is 1.19. The third-order valence-electron chi connectivity index (χ3n) is 2.14. The number of rotatable bonds is 1. The molecule has 12 heavy (non-hydrogen) atoms. The van der Waals surface area contributed by atoms with Crippen molar-refractivity contribution < 1.29 is 0 Å². The quantitative estimate of drug-likeness (QED) is 0.656. The van der Waals surface area contributed by atoms with E-state index in [9.17, 15) is 0 Å². The van der Waals surface area contributed by atoms with Gasteiger partial charge in [0.1, 0.15) is 0 Å². The molecule has 1 rings (SSSR count). The van der Waals surface area contributed by atoms with Crippen LogP contribution in [0.2, 0.25) is 0 Å². The first-order valence-corrected chi connectivity index (χ1v) is 4.60. The molecule has 0 unspecified atom stereocenters. The summed E-state index contributed by atoms with van der Waals surface area (Å²) in [5, 5.41) is 0. The second-order valence-corrected chi connectivity index (χ2v) is 4.73. The fraction of sp³-hybridized carbons (Fsp3) is 0.636. The van der Waals surface area contributed by atoms with Gasteiger partial charge in [0.25, 0.3) is 0 Å². The van der Waals surface area contributed by atoms with Crippen LogP contribution in [0.4, 0.5) is 0 Å². The SMILES string of the molecule is CC(C)c1ccc(C(C)(C)C)[nH]1. The number of nitrogens with one attached hydrogen (secondary N) is 1. The largest absolute Gasteiger partial charge is 0.362 e. The lowest BCUT2D eigenvalue weighted by Crippen LogP contribution is -2.11. The summed E-state index contributed by atoms with van der Waals surface area (Å²) in [6.45, 7) is 11.1. The minimum Gasteiger partial charge on any atom is -0.362 e. The molecule has 1 heterocycles. The highest BCUT2D eigenvalue weighted by Gasteiger charge is 2.15. The third kappa shape index (κ3) is 1.90. The Kier molecular flexibility index (Phi) is 2.31. The minimum atomic E-state index is 0.243. The molecule has 0 radical (unpaired) electrons. The van der Waals surface area contributed by atoms with Crippen LogP contribution < -0.4 is 0 Å². The van der Waals surface area contributed by atoms with Gasteiger partial charge in [0.05, 0.1) is 0 Å². The van der Waals surface area contributed by atoms with Crippen molar-refractivity contribution in [3.8, 4) is 0 Å². The van der Waals surface area contributed by atoms with Crippen LogP contribution in [0.5, 0.6) is 0 Å². The Morgan fingerprint density at radius 2 is 1.75 bits per heavy atom. The van der Waals surface area contributed by atoms with Crippen LogP contribution in [0.1, 0.15) is 51.9 Å². The van der Waals surface area contributed by atoms with E-state index in [0.717, 1.165) is 0 Å². The van der Waals surface area contributed by atoms with Gasteiger partial charge in [-0.1, -0.05) is 34.6 Å². The van der Waals surface area contributed by atoms with E-state index in [2.05, 4.69) is 51.7 Å². The van der Waals surface area contributed by atoms with Crippen LogP contribution in [0.15, 0.2) is 12.1 Å². The van der Waals surface area contributed by atoms with Gasteiger partial charge in [-0.3, -0.25) is 0 Å². The first kappa shape index (κ1) is 9.37. The van der Waals surface area contributed by atoms with E-state index in [-0.39, 0.29) is 5.41 Å². The standard InChI is InChI=1S/C11H19N/c1-8(2)9-6-7-10(12-9)11(3,4)5/h6-8,12H,1-5H3. The average molecular weight is 165 g/mol. The number of hydrogen-bond donors (Lipinski definition) is 1. The molecule has 0 aliphatic carbocycles. The smallest absolute Gasteiger partial charge is 0.0203 e. The van der Waals surface area contributed by atoms with Crippen molar-refractivity contribution >= 4 is 0 Å². The maximum atomic E-state index is 3.45. The second-order valence-electron chi connectivity index (χ2n) is 4.73. The zero-order valence-electron chi connectivity index (χ0n) is 8.73. The fourth-order valence-electron chi connectivity index (χ4n) is 1.19. The van der Waals surface area contributed by atoms with E-state index in [4.69, 9.17) is 0 Å². The van der Waals surface area contributed by atoms with E-state index in [1.54, 1.807) is 0 Å². The van der Waals surface area contributed by atoms with Gasteiger partial charge in [0.2, 0.25) is 0 Å². The Hall–Kier alpha value is -0.720. The molecule has 0 aliphatic rings. The molecule has 1 heteroatoms. The molecule has 1 aromatic heterocycles. The average Bonchev–Trinajstić information content (AvgIpc) is 2.30. The van der Waals surface area contributed by atoms with Crippen LogP contribution in [-0.2, 0) is 5.41 Å². The topological polar surface area (TPSA) is 15.8 Å². The van der Waals surface area contributed by atoms with Crippen molar-refractivity contribution in [2.24, 2.45) is 0 Å². The van der Waals surface area contributed by atoms with E-state index in [0.29, 0.717) is 5.92 Å². The molecule has 0 bridgehead atoms.